The van der Waals surface area contributed by atoms with E-state index in [0.717, 1.165) is 6.42 Å². The van der Waals surface area contributed by atoms with Crippen LogP contribution >= 0.6 is 0 Å². The van der Waals surface area contributed by atoms with Gasteiger partial charge in [0.2, 0.25) is 5.91 Å². The first kappa shape index (κ1) is 15.0. The van der Waals surface area contributed by atoms with Gasteiger partial charge in [0.15, 0.2) is 0 Å². The highest BCUT2D eigenvalue weighted by atomic mass is 19.1. The molecule has 1 aliphatic rings. The Kier molecular flexibility index (Phi) is 4.14. The average molecular weight is 278 g/mol. The minimum absolute atomic E-state index is 0.0580. The summed E-state index contributed by atoms with van der Waals surface area (Å²) in [6, 6.07) is 6.74. The van der Waals surface area contributed by atoms with Crippen molar-refractivity contribution in [1.29, 1.82) is 0 Å². The summed E-state index contributed by atoms with van der Waals surface area (Å²) in [6.45, 7) is 7.92. The smallest absolute Gasteiger partial charge is 0.244 e. The number of rotatable bonds is 4. The summed E-state index contributed by atoms with van der Waals surface area (Å²) in [5.74, 6) is -0.214. The fourth-order valence-electron chi connectivity index (χ4n) is 2.66. The Balaban J connectivity index is 2.45. The fourth-order valence-corrected chi connectivity index (χ4v) is 2.66. The largest absolute Gasteiger partial charge is 0.319 e. The molecule has 1 aromatic carbocycles. The molecular formula is C16H23FN2O. The van der Waals surface area contributed by atoms with E-state index in [1.807, 2.05) is 27.7 Å². The van der Waals surface area contributed by atoms with Gasteiger partial charge in [-0.15, -0.1) is 0 Å². The lowest BCUT2D eigenvalue weighted by molar-refractivity contribution is -0.135. The van der Waals surface area contributed by atoms with Crippen LogP contribution in [0.5, 0.6) is 0 Å². The first-order valence-corrected chi connectivity index (χ1v) is 7.29. The maximum absolute atomic E-state index is 14.1. The van der Waals surface area contributed by atoms with E-state index in [2.05, 4.69) is 5.32 Å². The Morgan fingerprint density at radius 1 is 1.40 bits per heavy atom. The minimum Gasteiger partial charge on any atom is -0.319 e. The summed E-state index contributed by atoms with van der Waals surface area (Å²) in [7, 11) is 0. The van der Waals surface area contributed by atoms with E-state index in [1.165, 1.54) is 6.07 Å². The molecule has 0 aliphatic carbocycles. The Morgan fingerprint density at radius 2 is 2.05 bits per heavy atom. The van der Waals surface area contributed by atoms with Crippen molar-refractivity contribution in [1.82, 2.24) is 10.2 Å². The molecule has 1 N–H and O–H groups in total. The number of carbonyl (C=O) groups is 1. The maximum Gasteiger partial charge on any atom is 0.244 e. The third-order valence-corrected chi connectivity index (χ3v) is 4.41. The number of halogens is 1. The molecule has 0 radical (unpaired) electrons. The molecule has 110 valence electrons. The van der Waals surface area contributed by atoms with Crippen LogP contribution in [-0.2, 0) is 4.79 Å². The summed E-state index contributed by atoms with van der Waals surface area (Å²) < 4.78 is 14.1. The molecule has 3 atom stereocenters. The molecule has 1 amide bonds. The van der Waals surface area contributed by atoms with Crippen molar-refractivity contribution in [2.75, 3.05) is 0 Å². The van der Waals surface area contributed by atoms with Gasteiger partial charge >= 0.3 is 0 Å². The van der Waals surface area contributed by atoms with Crippen molar-refractivity contribution < 1.29 is 9.18 Å². The summed E-state index contributed by atoms with van der Waals surface area (Å²) >= 11 is 0. The van der Waals surface area contributed by atoms with Crippen LogP contribution in [0.3, 0.4) is 0 Å². The molecule has 2 rings (SSSR count). The van der Waals surface area contributed by atoms with E-state index in [9.17, 15) is 9.18 Å². The molecular weight excluding hydrogens is 255 g/mol. The monoisotopic (exact) mass is 278 g/mol. The van der Waals surface area contributed by atoms with Crippen LogP contribution in [-0.4, -0.2) is 22.4 Å². The normalized spacial score (nSPS) is 27.9. The minimum atomic E-state index is -0.615. The zero-order valence-corrected chi connectivity index (χ0v) is 12.6. The molecule has 1 heterocycles. The van der Waals surface area contributed by atoms with Crippen molar-refractivity contribution in [3.63, 3.8) is 0 Å². The van der Waals surface area contributed by atoms with Crippen molar-refractivity contribution in [3.05, 3.63) is 35.6 Å². The van der Waals surface area contributed by atoms with E-state index in [1.54, 1.807) is 23.1 Å². The molecule has 20 heavy (non-hydrogen) atoms. The van der Waals surface area contributed by atoms with Gasteiger partial charge in [-0.3, -0.25) is 10.1 Å². The Morgan fingerprint density at radius 3 is 2.60 bits per heavy atom. The van der Waals surface area contributed by atoms with Crippen LogP contribution in [0.25, 0.3) is 0 Å². The highest BCUT2D eigenvalue weighted by Gasteiger charge is 2.49. The molecule has 0 aromatic heterocycles. The molecule has 0 spiro atoms. The van der Waals surface area contributed by atoms with Gasteiger partial charge in [-0.1, -0.05) is 32.0 Å². The Bertz CT molecular complexity index is 505. The predicted octanol–water partition coefficient (Wildman–Crippen LogP) is 3.22. The second-order valence-electron chi connectivity index (χ2n) is 5.72. The van der Waals surface area contributed by atoms with E-state index in [4.69, 9.17) is 0 Å². The lowest BCUT2D eigenvalue weighted by atomic mass is 9.99. The van der Waals surface area contributed by atoms with Crippen LogP contribution in [0.2, 0.25) is 0 Å². The second kappa shape index (κ2) is 5.52. The van der Waals surface area contributed by atoms with Crippen molar-refractivity contribution in [2.24, 2.45) is 0 Å². The van der Waals surface area contributed by atoms with Gasteiger partial charge in [-0.25, -0.2) is 4.39 Å². The van der Waals surface area contributed by atoms with Crippen LogP contribution < -0.4 is 5.32 Å². The molecule has 1 aliphatic heterocycles. The van der Waals surface area contributed by atoms with Crippen molar-refractivity contribution in [2.45, 2.75) is 58.3 Å². The Hall–Kier alpha value is -1.42. The molecule has 4 heteroatoms. The molecule has 1 fully saturated rings. The number of carbonyl (C=O) groups excluding carboxylic acids is 1. The first-order chi connectivity index (χ1) is 9.44. The lowest BCUT2D eigenvalue weighted by Gasteiger charge is -2.30. The first-order valence-electron chi connectivity index (χ1n) is 7.29. The number of nitrogens with zero attached hydrogens (tertiary/aromatic N) is 1. The van der Waals surface area contributed by atoms with Gasteiger partial charge in [-0.05, 0) is 32.8 Å². The van der Waals surface area contributed by atoms with E-state index in [-0.39, 0.29) is 23.9 Å². The molecule has 0 bridgehead atoms. The lowest BCUT2D eigenvalue weighted by Crippen LogP contribution is -2.44. The van der Waals surface area contributed by atoms with Crippen LogP contribution in [0, 0.1) is 5.82 Å². The SMILES string of the molecule is CCC(C)N1C(=O)C(C)(CC)NC1c1ccccc1F. The highest BCUT2D eigenvalue weighted by Crippen LogP contribution is 2.35. The topological polar surface area (TPSA) is 32.3 Å². The van der Waals surface area contributed by atoms with E-state index < -0.39 is 5.54 Å². The zero-order valence-electron chi connectivity index (χ0n) is 12.6. The molecule has 1 saturated heterocycles. The molecule has 0 saturated carbocycles. The predicted molar refractivity (Wildman–Crippen MR) is 77.6 cm³/mol. The Labute approximate surface area is 120 Å². The van der Waals surface area contributed by atoms with E-state index >= 15 is 0 Å². The van der Waals surface area contributed by atoms with Gasteiger partial charge in [0.05, 0.1) is 5.54 Å². The van der Waals surface area contributed by atoms with Gasteiger partial charge in [0, 0.05) is 11.6 Å². The summed E-state index contributed by atoms with van der Waals surface area (Å²) in [6.07, 6.45) is 1.14. The quantitative estimate of drug-likeness (QED) is 0.917. The van der Waals surface area contributed by atoms with Crippen molar-refractivity contribution >= 4 is 5.91 Å². The van der Waals surface area contributed by atoms with Crippen LogP contribution in [0.15, 0.2) is 24.3 Å². The summed E-state index contributed by atoms with van der Waals surface area (Å²) in [4.78, 5) is 14.5. The zero-order chi connectivity index (χ0) is 14.9. The van der Waals surface area contributed by atoms with Gasteiger partial charge < -0.3 is 4.90 Å². The van der Waals surface area contributed by atoms with Crippen LogP contribution in [0.4, 0.5) is 4.39 Å². The second-order valence-corrected chi connectivity index (χ2v) is 5.72. The average Bonchev–Trinajstić information content (AvgIpc) is 2.72. The van der Waals surface area contributed by atoms with Gasteiger partial charge in [0.1, 0.15) is 12.0 Å². The van der Waals surface area contributed by atoms with Crippen molar-refractivity contribution in [3.8, 4) is 0 Å². The highest BCUT2D eigenvalue weighted by molar-refractivity contribution is 5.88. The summed E-state index contributed by atoms with van der Waals surface area (Å²) in [5, 5.41) is 3.33. The van der Waals surface area contributed by atoms with Gasteiger partial charge in [0.25, 0.3) is 0 Å². The fraction of sp³-hybridized carbons (Fsp3) is 0.562. The molecule has 1 aromatic rings. The van der Waals surface area contributed by atoms with E-state index in [0.29, 0.717) is 12.0 Å². The number of benzene rings is 1. The van der Waals surface area contributed by atoms with Gasteiger partial charge in [-0.2, -0.15) is 0 Å². The maximum atomic E-state index is 14.1. The number of hydrogen-bond donors (Lipinski definition) is 1. The summed E-state index contributed by atoms with van der Waals surface area (Å²) in [5.41, 5.74) is -0.0746. The number of nitrogens with one attached hydrogen (secondary N) is 1. The number of hydrogen-bond acceptors (Lipinski definition) is 2. The third-order valence-electron chi connectivity index (χ3n) is 4.41. The number of amides is 1. The molecule has 3 nitrogen and oxygen atoms in total. The molecule has 3 unspecified atom stereocenters. The van der Waals surface area contributed by atoms with Crippen LogP contribution in [0.1, 0.15) is 52.3 Å². The standard InChI is InChI=1S/C16H23FN2O/c1-5-11(3)19-14(12-9-7-8-10-13(12)17)18-16(4,6-2)15(19)20/h7-11,14,18H,5-6H2,1-4H3. The third kappa shape index (κ3) is 2.33.